The van der Waals surface area contributed by atoms with E-state index >= 15 is 0 Å². The van der Waals surface area contributed by atoms with E-state index in [9.17, 15) is 14.4 Å². The molecule has 8 heteroatoms. The SMILES string of the molecule is COC(=O)[C@]1(CCSC)[NH2+][C@H](c2ccc(Cl)cc2)[C@@H]2C(=O)N(C)C(=O)[C@H]21. The molecule has 3 rings (SSSR count). The quantitative estimate of drug-likeness (QED) is 0.588. The van der Waals surface area contributed by atoms with Crippen molar-refractivity contribution in [1.82, 2.24) is 4.90 Å². The maximum absolute atomic E-state index is 12.9. The van der Waals surface area contributed by atoms with Crippen molar-refractivity contribution in [2.75, 3.05) is 26.2 Å². The van der Waals surface area contributed by atoms with E-state index in [1.165, 1.54) is 14.2 Å². The molecule has 0 saturated carbocycles. The van der Waals surface area contributed by atoms with Crippen molar-refractivity contribution >= 4 is 41.1 Å². The van der Waals surface area contributed by atoms with E-state index in [2.05, 4.69) is 0 Å². The fraction of sp³-hybridized carbons (Fsp3) is 0.500. The molecule has 0 aromatic heterocycles. The van der Waals surface area contributed by atoms with Crippen LogP contribution in [0.3, 0.4) is 0 Å². The number of methoxy groups -OCH3 is 1. The summed E-state index contributed by atoms with van der Waals surface area (Å²) >= 11 is 7.58. The van der Waals surface area contributed by atoms with E-state index in [1.807, 2.05) is 23.7 Å². The lowest BCUT2D eigenvalue weighted by atomic mass is 9.78. The molecular weight excluding hydrogens is 376 g/mol. The number of hydrogen-bond donors (Lipinski definition) is 1. The van der Waals surface area contributed by atoms with Gasteiger partial charge < -0.3 is 10.1 Å². The van der Waals surface area contributed by atoms with E-state index in [1.54, 1.807) is 23.9 Å². The second-order valence-corrected chi connectivity index (χ2v) is 8.18. The van der Waals surface area contributed by atoms with Gasteiger partial charge in [0.1, 0.15) is 17.9 Å². The molecule has 2 amide bonds. The number of ether oxygens (including phenoxy) is 1. The molecule has 0 radical (unpaired) electrons. The van der Waals surface area contributed by atoms with Crippen LogP contribution >= 0.6 is 23.4 Å². The second-order valence-electron chi connectivity index (χ2n) is 6.76. The zero-order valence-electron chi connectivity index (χ0n) is 14.9. The smallest absolute Gasteiger partial charge is 0.368 e. The summed E-state index contributed by atoms with van der Waals surface area (Å²) in [5.41, 5.74) is -0.222. The van der Waals surface area contributed by atoms with E-state index in [4.69, 9.17) is 16.3 Å². The van der Waals surface area contributed by atoms with Crippen LogP contribution in [0.25, 0.3) is 0 Å². The Hall–Kier alpha value is -1.57. The van der Waals surface area contributed by atoms with Crippen molar-refractivity contribution < 1.29 is 24.4 Å². The number of carbonyl (C=O) groups excluding carboxylic acids is 3. The topological polar surface area (TPSA) is 80.3 Å². The van der Waals surface area contributed by atoms with Gasteiger partial charge in [0.25, 0.3) is 0 Å². The van der Waals surface area contributed by atoms with Gasteiger partial charge in [0.15, 0.2) is 0 Å². The zero-order chi connectivity index (χ0) is 19.1. The van der Waals surface area contributed by atoms with Gasteiger partial charge in [-0.3, -0.25) is 14.5 Å². The van der Waals surface area contributed by atoms with Gasteiger partial charge in [0.2, 0.25) is 17.4 Å². The minimum absolute atomic E-state index is 0.244. The first-order chi connectivity index (χ1) is 12.4. The Morgan fingerprint density at radius 3 is 2.54 bits per heavy atom. The predicted octanol–water partition coefficient (Wildman–Crippen LogP) is 0.854. The normalized spacial score (nSPS) is 30.6. The lowest BCUT2D eigenvalue weighted by molar-refractivity contribution is -0.734. The largest absolute Gasteiger partial charge is 0.464 e. The standard InChI is InChI=1S/C18H21ClN2O4S/c1-21-15(22)12-13(16(21)23)18(8-9-26-3,17(24)25-2)20-14(12)10-4-6-11(19)7-5-10/h4-7,12-14,20H,8-9H2,1-3H3/p+1/t12-,13+,14-,18-/m1/s1. The van der Waals surface area contributed by atoms with Crippen LogP contribution in [0.4, 0.5) is 0 Å². The number of carbonyl (C=O) groups is 3. The molecule has 0 unspecified atom stereocenters. The number of esters is 1. The summed E-state index contributed by atoms with van der Waals surface area (Å²) in [6.45, 7) is 0. The average Bonchev–Trinajstić information content (AvgIpc) is 3.10. The number of nitrogens with zero attached hydrogens (tertiary/aromatic N) is 1. The van der Waals surface area contributed by atoms with Gasteiger partial charge in [0, 0.05) is 24.1 Å². The molecule has 0 bridgehead atoms. The predicted molar refractivity (Wildman–Crippen MR) is 98.6 cm³/mol. The fourth-order valence-corrected chi connectivity index (χ4v) is 4.92. The number of nitrogens with two attached hydrogens (primary N) is 1. The van der Waals surface area contributed by atoms with Crippen LogP contribution in [0.5, 0.6) is 0 Å². The first kappa shape index (κ1) is 19.2. The third-order valence-corrected chi connectivity index (χ3v) is 6.39. The highest BCUT2D eigenvalue weighted by atomic mass is 35.5. The van der Waals surface area contributed by atoms with E-state index in [0.29, 0.717) is 17.2 Å². The number of amides is 2. The number of halogens is 1. The molecule has 6 nitrogen and oxygen atoms in total. The zero-order valence-corrected chi connectivity index (χ0v) is 16.5. The fourth-order valence-electron chi connectivity index (χ4n) is 4.25. The Kier molecular flexibility index (Phi) is 5.33. The molecule has 2 aliphatic rings. The van der Waals surface area contributed by atoms with Crippen LogP contribution < -0.4 is 5.32 Å². The Balaban J connectivity index is 2.11. The Labute approximate surface area is 161 Å². The number of quaternary nitrogens is 1. The highest BCUT2D eigenvalue weighted by Gasteiger charge is 2.71. The Morgan fingerprint density at radius 2 is 1.96 bits per heavy atom. The number of hydrogen-bond acceptors (Lipinski definition) is 5. The number of thioether (sulfide) groups is 1. The van der Waals surface area contributed by atoms with E-state index in [0.717, 1.165) is 10.5 Å². The van der Waals surface area contributed by atoms with Crippen molar-refractivity contribution in [1.29, 1.82) is 0 Å². The molecular formula is C18H22ClN2O4S+. The Bertz CT molecular complexity index is 741. The molecule has 0 spiro atoms. The van der Waals surface area contributed by atoms with Gasteiger partial charge in [-0.2, -0.15) is 11.8 Å². The lowest BCUT2D eigenvalue weighted by Crippen LogP contribution is -2.98. The summed E-state index contributed by atoms with van der Waals surface area (Å²) in [6.07, 6.45) is 2.40. The molecule has 1 aromatic carbocycles. The van der Waals surface area contributed by atoms with Crippen molar-refractivity contribution in [2.45, 2.75) is 18.0 Å². The molecule has 4 atom stereocenters. The van der Waals surface area contributed by atoms with Crippen LogP contribution in [0.15, 0.2) is 24.3 Å². The minimum Gasteiger partial charge on any atom is -0.464 e. The van der Waals surface area contributed by atoms with Crippen LogP contribution in [0, 0.1) is 11.8 Å². The van der Waals surface area contributed by atoms with Gasteiger partial charge >= 0.3 is 5.97 Å². The molecule has 2 heterocycles. The van der Waals surface area contributed by atoms with Crippen LogP contribution in [0.1, 0.15) is 18.0 Å². The van der Waals surface area contributed by atoms with Crippen LogP contribution in [-0.4, -0.2) is 54.4 Å². The molecule has 2 aliphatic heterocycles. The van der Waals surface area contributed by atoms with Gasteiger partial charge in [-0.1, -0.05) is 23.7 Å². The summed E-state index contributed by atoms with van der Waals surface area (Å²) < 4.78 is 5.08. The van der Waals surface area contributed by atoms with Gasteiger partial charge in [0.05, 0.1) is 7.11 Å². The summed E-state index contributed by atoms with van der Waals surface area (Å²) in [5.74, 6) is -1.62. The molecule has 2 N–H and O–H groups in total. The molecule has 2 saturated heterocycles. The summed E-state index contributed by atoms with van der Waals surface area (Å²) in [5, 5.41) is 2.46. The third-order valence-electron chi connectivity index (χ3n) is 5.53. The van der Waals surface area contributed by atoms with Crippen LogP contribution in [-0.2, 0) is 19.1 Å². The maximum Gasteiger partial charge on any atom is 0.368 e. The molecule has 140 valence electrons. The van der Waals surface area contributed by atoms with Crippen LogP contribution in [0.2, 0.25) is 5.02 Å². The van der Waals surface area contributed by atoms with Gasteiger partial charge in [-0.05, 0) is 24.1 Å². The second kappa shape index (κ2) is 7.21. The number of rotatable bonds is 5. The monoisotopic (exact) mass is 397 g/mol. The molecule has 2 fully saturated rings. The summed E-state index contributed by atoms with van der Waals surface area (Å²) in [4.78, 5) is 39.7. The summed E-state index contributed by atoms with van der Waals surface area (Å²) in [7, 11) is 2.81. The molecule has 26 heavy (non-hydrogen) atoms. The van der Waals surface area contributed by atoms with Crippen molar-refractivity contribution in [2.24, 2.45) is 11.8 Å². The first-order valence-electron chi connectivity index (χ1n) is 8.37. The highest BCUT2D eigenvalue weighted by molar-refractivity contribution is 7.98. The van der Waals surface area contributed by atoms with Crippen molar-refractivity contribution in [3.05, 3.63) is 34.9 Å². The van der Waals surface area contributed by atoms with E-state index in [-0.39, 0.29) is 17.9 Å². The third kappa shape index (κ3) is 2.82. The van der Waals surface area contributed by atoms with Crippen molar-refractivity contribution in [3.63, 3.8) is 0 Å². The average molecular weight is 398 g/mol. The number of fused-ring (bicyclic) bond motifs is 1. The number of imide groups is 1. The molecule has 1 aromatic rings. The van der Waals surface area contributed by atoms with Gasteiger partial charge in [-0.15, -0.1) is 0 Å². The minimum atomic E-state index is -1.09. The van der Waals surface area contributed by atoms with Crippen molar-refractivity contribution in [3.8, 4) is 0 Å². The number of benzene rings is 1. The number of likely N-dealkylation sites (tertiary alicyclic amines) is 1. The molecule has 0 aliphatic carbocycles. The first-order valence-corrected chi connectivity index (χ1v) is 10.1. The summed E-state index contributed by atoms with van der Waals surface area (Å²) in [6, 6.07) is 6.87. The lowest BCUT2D eigenvalue weighted by Gasteiger charge is -2.28. The highest BCUT2D eigenvalue weighted by Crippen LogP contribution is 2.45. The van der Waals surface area contributed by atoms with Gasteiger partial charge in [-0.25, -0.2) is 4.79 Å². The Morgan fingerprint density at radius 1 is 1.31 bits per heavy atom. The van der Waals surface area contributed by atoms with E-state index < -0.39 is 23.3 Å². The maximum atomic E-state index is 12.9.